The van der Waals surface area contributed by atoms with Crippen molar-refractivity contribution in [2.75, 3.05) is 36.4 Å². The first-order valence-electron chi connectivity index (χ1n) is 13.1. The van der Waals surface area contributed by atoms with Crippen molar-refractivity contribution in [3.8, 4) is 0 Å². The molecule has 2 heterocycles. The molecule has 1 aliphatic heterocycles. The van der Waals surface area contributed by atoms with E-state index in [-0.39, 0.29) is 11.8 Å². The van der Waals surface area contributed by atoms with Gasteiger partial charge in [0.15, 0.2) is 0 Å². The third-order valence-corrected chi connectivity index (χ3v) is 7.01. The van der Waals surface area contributed by atoms with Gasteiger partial charge in [0.25, 0.3) is 5.91 Å². The van der Waals surface area contributed by atoms with E-state index in [1.807, 2.05) is 61.5 Å². The predicted molar refractivity (Wildman–Crippen MR) is 151 cm³/mol. The van der Waals surface area contributed by atoms with E-state index in [0.717, 1.165) is 54.9 Å². The highest BCUT2D eigenvalue weighted by atomic mass is 16.2. The number of piperidine rings is 1. The quantitative estimate of drug-likeness (QED) is 0.427. The summed E-state index contributed by atoms with van der Waals surface area (Å²) in [6.07, 6.45) is 6.38. The molecule has 1 aliphatic rings. The zero-order valence-corrected chi connectivity index (χ0v) is 22.0. The predicted octanol–water partition coefficient (Wildman–Crippen LogP) is 5.82. The Bertz CT molecular complexity index is 1240. The normalized spacial score (nSPS) is 13.3. The summed E-state index contributed by atoms with van der Waals surface area (Å²) in [6.45, 7) is 8.72. The fourth-order valence-corrected chi connectivity index (χ4v) is 5.01. The summed E-state index contributed by atoms with van der Waals surface area (Å²) < 4.78 is 0. The number of carbonyl (C=O) groups is 2. The fourth-order valence-electron chi connectivity index (χ4n) is 5.01. The molecule has 192 valence electrons. The molecule has 6 heteroatoms. The van der Waals surface area contributed by atoms with Crippen LogP contribution in [-0.4, -0.2) is 47.9 Å². The Hall–Kier alpha value is -3.93. The van der Waals surface area contributed by atoms with Crippen molar-refractivity contribution in [1.29, 1.82) is 0 Å². The first-order chi connectivity index (χ1) is 18.0. The van der Waals surface area contributed by atoms with Crippen LogP contribution < -0.4 is 10.2 Å². The third kappa shape index (κ3) is 6.45. The number of pyridine rings is 1. The van der Waals surface area contributed by atoms with E-state index >= 15 is 0 Å². The largest absolute Gasteiger partial charge is 0.369 e. The molecule has 1 aromatic heterocycles. The van der Waals surface area contributed by atoms with Crippen LogP contribution in [0.15, 0.2) is 78.6 Å². The number of hydrogen-bond acceptors (Lipinski definition) is 4. The lowest BCUT2D eigenvalue weighted by molar-refractivity contribution is -0.114. The van der Waals surface area contributed by atoms with Crippen LogP contribution in [0.3, 0.4) is 0 Å². The van der Waals surface area contributed by atoms with Crippen molar-refractivity contribution >= 4 is 28.8 Å². The molecule has 0 unspecified atom stereocenters. The van der Waals surface area contributed by atoms with Gasteiger partial charge in [0, 0.05) is 51.1 Å². The highest BCUT2D eigenvalue weighted by Crippen LogP contribution is 2.34. The summed E-state index contributed by atoms with van der Waals surface area (Å²) in [7, 11) is 0. The second-order valence-electron chi connectivity index (χ2n) is 9.35. The number of allylic oxidation sites excluding steroid dienone is 1. The van der Waals surface area contributed by atoms with Gasteiger partial charge in [-0.1, -0.05) is 29.8 Å². The molecule has 37 heavy (non-hydrogen) atoms. The zero-order valence-electron chi connectivity index (χ0n) is 22.0. The lowest BCUT2D eigenvalue weighted by atomic mass is 9.88. The fraction of sp³-hybridized carbons (Fsp3) is 0.323. The molecule has 1 N–H and O–H groups in total. The molecule has 0 aliphatic carbocycles. The number of nitrogens with one attached hydrogen (secondary N) is 1. The Balaban J connectivity index is 1.60. The van der Waals surface area contributed by atoms with Crippen LogP contribution in [0.1, 0.15) is 55.1 Å². The first kappa shape index (κ1) is 26.1. The molecule has 2 aromatic carbocycles. The minimum atomic E-state index is -0.0624. The van der Waals surface area contributed by atoms with Crippen LogP contribution in [0.25, 0.3) is 5.57 Å². The number of aromatic nitrogens is 1. The molecular formula is C31H36N4O2. The van der Waals surface area contributed by atoms with Gasteiger partial charge in [-0.05, 0) is 86.2 Å². The van der Waals surface area contributed by atoms with E-state index in [1.54, 1.807) is 6.92 Å². The molecule has 0 spiro atoms. The number of hydrogen-bond donors (Lipinski definition) is 1. The molecule has 0 radical (unpaired) electrons. The smallest absolute Gasteiger partial charge is 0.253 e. The van der Waals surface area contributed by atoms with Gasteiger partial charge >= 0.3 is 0 Å². The number of para-hydroxylation sites is 2. The number of nitrogens with zero attached hydrogens (tertiary/aromatic N) is 3. The first-order valence-corrected chi connectivity index (χ1v) is 13.1. The number of carbonyl (C=O) groups excluding carboxylic acids is 2. The van der Waals surface area contributed by atoms with E-state index in [1.165, 1.54) is 16.7 Å². The molecule has 6 nitrogen and oxygen atoms in total. The maximum absolute atomic E-state index is 12.8. The van der Waals surface area contributed by atoms with Gasteiger partial charge in [0.2, 0.25) is 5.91 Å². The number of benzene rings is 2. The van der Waals surface area contributed by atoms with Crippen molar-refractivity contribution in [1.82, 2.24) is 9.88 Å². The molecule has 2 amide bonds. The second kappa shape index (κ2) is 12.3. The van der Waals surface area contributed by atoms with E-state index in [0.29, 0.717) is 13.1 Å². The van der Waals surface area contributed by atoms with E-state index in [9.17, 15) is 9.59 Å². The van der Waals surface area contributed by atoms with Crippen LogP contribution in [-0.2, 0) is 11.2 Å². The van der Waals surface area contributed by atoms with Gasteiger partial charge in [-0.2, -0.15) is 0 Å². The van der Waals surface area contributed by atoms with Crippen molar-refractivity contribution < 1.29 is 9.59 Å². The maximum Gasteiger partial charge on any atom is 0.253 e. The van der Waals surface area contributed by atoms with Crippen molar-refractivity contribution in [2.24, 2.45) is 0 Å². The Labute approximate surface area is 220 Å². The van der Waals surface area contributed by atoms with E-state index < -0.39 is 0 Å². The molecule has 1 saturated heterocycles. The van der Waals surface area contributed by atoms with Crippen LogP contribution >= 0.6 is 0 Å². The Morgan fingerprint density at radius 1 is 0.892 bits per heavy atom. The summed E-state index contributed by atoms with van der Waals surface area (Å²) in [4.78, 5) is 32.9. The van der Waals surface area contributed by atoms with Crippen LogP contribution in [0.2, 0.25) is 0 Å². The summed E-state index contributed by atoms with van der Waals surface area (Å²) in [5, 5.41) is 2.96. The van der Waals surface area contributed by atoms with E-state index in [2.05, 4.69) is 45.5 Å². The van der Waals surface area contributed by atoms with Gasteiger partial charge in [0.05, 0.1) is 11.4 Å². The summed E-state index contributed by atoms with van der Waals surface area (Å²) >= 11 is 0. The molecule has 4 rings (SSSR count). The van der Waals surface area contributed by atoms with Gasteiger partial charge in [-0.25, -0.2) is 0 Å². The molecular weight excluding hydrogens is 460 g/mol. The lowest BCUT2D eigenvalue weighted by Crippen LogP contribution is -2.32. The lowest BCUT2D eigenvalue weighted by Gasteiger charge is -2.33. The summed E-state index contributed by atoms with van der Waals surface area (Å²) in [6, 6.07) is 20.2. The average Bonchev–Trinajstić information content (AvgIpc) is 2.93. The second-order valence-corrected chi connectivity index (χ2v) is 9.35. The Kier molecular flexibility index (Phi) is 8.72. The monoisotopic (exact) mass is 496 g/mol. The average molecular weight is 497 g/mol. The molecule has 3 aromatic rings. The Morgan fingerprint density at radius 3 is 2.14 bits per heavy atom. The number of anilines is 2. The standard InChI is InChI=1S/C31H36N4O2/c1-4-34(5-2)31(37)27-12-10-25(11-13-27)28(22-24-14-18-32-19-15-24)26-16-20-35(21-17-26)30-9-7-6-8-29(30)33-23(3)36/h6-15,18-19H,4-5,16-17,20-22H2,1-3H3,(H,33,36). The van der Waals surface area contributed by atoms with Gasteiger partial charge in [0.1, 0.15) is 0 Å². The number of amides is 2. The van der Waals surface area contributed by atoms with Crippen molar-refractivity contribution in [3.05, 3.63) is 95.3 Å². The summed E-state index contributed by atoms with van der Waals surface area (Å²) in [5.74, 6) is 0.0126. The SMILES string of the molecule is CCN(CC)C(=O)c1ccc(C(Cc2ccncc2)=C2CCN(c3ccccc3NC(C)=O)CC2)cc1. The highest BCUT2D eigenvalue weighted by Gasteiger charge is 2.21. The van der Waals surface area contributed by atoms with Crippen LogP contribution in [0.5, 0.6) is 0 Å². The number of rotatable bonds is 8. The highest BCUT2D eigenvalue weighted by molar-refractivity contribution is 5.95. The van der Waals surface area contributed by atoms with E-state index in [4.69, 9.17) is 0 Å². The van der Waals surface area contributed by atoms with Crippen molar-refractivity contribution in [2.45, 2.75) is 40.0 Å². The minimum Gasteiger partial charge on any atom is -0.369 e. The molecule has 0 atom stereocenters. The van der Waals surface area contributed by atoms with Gasteiger partial charge in [-0.3, -0.25) is 14.6 Å². The Morgan fingerprint density at radius 2 is 1.51 bits per heavy atom. The summed E-state index contributed by atoms with van der Waals surface area (Å²) in [5.41, 5.74) is 7.79. The molecule has 0 bridgehead atoms. The van der Waals surface area contributed by atoms with Gasteiger partial charge < -0.3 is 15.1 Å². The minimum absolute atomic E-state index is 0.0624. The molecule has 1 fully saturated rings. The maximum atomic E-state index is 12.8. The zero-order chi connectivity index (χ0) is 26.2. The topological polar surface area (TPSA) is 65.5 Å². The third-order valence-electron chi connectivity index (χ3n) is 7.01. The van der Waals surface area contributed by atoms with Crippen molar-refractivity contribution in [3.63, 3.8) is 0 Å². The molecule has 0 saturated carbocycles. The van der Waals surface area contributed by atoms with Crippen LogP contribution in [0, 0.1) is 0 Å². The van der Waals surface area contributed by atoms with Crippen LogP contribution in [0.4, 0.5) is 11.4 Å². The van der Waals surface area contributed by atoms with Gasteiger partial charge in [-0.15, -0.1) is 0 Å².